The van der Waals surface area contributed by atoms with Crippen molar-refractivity contribution in [3.8, 4) is 0 Å². The smallest absolute Gasteiger partial charge is 0.0565 e. The molecule has 4 unspecified atom stereocenters. The second-order valence-electron chi connectivity index (χ2n) is 6.56. The largest absolute Gasteiger partial charge is 0.375 e. The Morgan fingerprint density at radius 2 is 1.74 bits per heavy atom. The Morgan fingerprint density at radius 3 is 2.32 bits per heavy atom. The Balaban J connectivity index is 2.04. The van der Waals surface area contributed by atoms with Crippen molar-refractivity contribution < 1.29 is 4.74 Å². The predicted molar refractivity (Wildman–Crippen MR) is 80.2 cm³/mol. The van der Waals surface area contributed by atoms with Crippen LogP contribution in [0.1, 0.15) is 59.3 Å². The number of hydrogen-bond donors (Lipinski definition) is 1. The van der Waals surface area contributed by atoms with Crippen molar-refractivity contribution >= 4 is 0 Å². The van der Waals surface area contributed by atoms with Crippen molar-refractivity contribution in [1.29, 1.82) is 0 Å². The Kier molecular flexibility index (Phi) is 5.67. The lowest BCUT2D eigenvalue weighted by Crippen LogP contribution is -2.53. The van der Waals surface area contributed by atoms with E-state index in [9.17, 15) is 0 Å². The fraction of sp³-hybridized carbons (Fsp3) is 1.00. The lowest BCUT2D eigenvalue weighted by Gasteiger charge is -2.46. The summed E-state index contributed by atoms with van der Waals surface area (Å²) in [6.45, 7) is 8.77. The molecule has 0 bridgehead atoms. The number of nitrogens with zero attached hydrogens (tertiary/aromatic N) is 1. The van der Waals surface area contributed by atoms with E-state index in [1.807, 2.05) is 0 Å². The summed E-state index contributed by atoms with van der Waals surface area (Å²) in [6.07, 6.45) is 8.60. The van der Waals surface area contributed by atoms with E-state index in [1.54, 1.807) is 0 Å². The quantitative estimate of drug-likeness (QED) is 0.852. The molecule has 0 amide bonds. The Labute approximate surface area is 118 Å². The molecule has 1 heterocycles. The van der Waals surface area contributed by atoms with Gasteiger partial charge in [0.1, 0.15) is 0 Å². The Morgan fingerprint density at radius 1 is 1.11 bits per heavy atom. The lowest BCUT2D eigenvalue weighted by molar-refractivity contribution is -0.0783. The van der Waals surface area contributed by atoms with Crippen LogP contribution in [-0.2, 0) is 4.74 Å². The van der Waals surface area contributed by atoms with Gasteiger partial charge in [0.25, 0.3) is 0 Å². The number of ether oxygens (including phenoxy) is 1. The summed E-state index contributed by atoms with van der Waals surface area (Å²) in [5.74, 6) is 0.710. The van der Waals surface area contributed by atoms with E-state index in [-0.39, 0.29) is 0 Å². The fourth-order valence-electron chi connectivity index (χ4n) is 4.30. The molecule has 0 aromatic heterocycles. The third-order valence-electron chi connectivity index (χ3n) is 5.10. The fourth-order valence-corrected chi connectivity index (χ4v) is 4.30. The second-order valence-corrected chi connectivity index (χ2v) is 6.56. The first-order valence-electron chi connectivity index (χ1n) is 8.27. The summed E-state index contributed by atoms with van der Waals surface area (Å²) in [4.78, 5) is 2.76. The topological polar surface area (TPSA) is 38.5 Å². The van der Waals surface area contributed by atoms with Gasteiger partial charge in [0.15, 0.2) is 0 Å². The van der Waals surface area contributed by atoms with Gasteiger partial charge in [-0.2, -0.15) is 0 Å². The van der Waals surface area contributed by atoms with E-state index in [0.717, 1.165) is 13.1 Å². The highest BCUT2D eigenvalue weighted by molar-refractivity contribution is 4.90. The van der Waals surface area contributed by atoms with Gasteiger partial charge in [-0.05, 0) is 58.5 Å². The first-order valence-corrected chi connectivity index (χ1v) is 8.27. The van der Waals surface area contributed by atoms with Gasteiger partial charge in [-0.15, -0.1) is 0 Å². The van der Waals surface area contributed by atoms with Crippen LogP contribution in [0, 0.1) is 5.92 Å². The molecule has 2 aliphatic rings. The average Bonchev–Trinajstić information content (AvgIpc) is 2.39. The first-order chi connectivity index (χ1) is 9.15. The molecule has 4 atom stereocenters. The van der Waals surface area contributed by atoms with Gasteiger partial charge in [0.05, 0.1) is 12.2 Å². The van der Waals surface area contributed by atoms with Gasteiger partial charge in [-0.25, -0.2) is 0 Å². The summed E-state index contributed by atoms with van der Waals surface area (Å²) < 4.78 is 5.90. The second kappa shape index (κ2) is 7.05. The molecule has 0 radical (unpaired) electrons. The van der Waals surface area contributed by atoms with Gasteiger partial charge in [0, 0.05) is 12.1 Å². The van der Waals surface area contributed by atoms with Crippen LogP contribution in [0.4, 0.5) is 0 Å². The zero-order valence-corrected chi connectivity index (χ0v) is 13.0. The summed E-state index contributed by atoms with van der Waals surface area (Å²) in [5.41, 5.74) is 6.02. The van der Waals surface area contributed by atoms with Gasteiger partial charge >= 0.3 is 0 Å². The van der Waals surface area contributed by atoms with Crippen LogP contribution in [0.25, 0.3) is 0 Å². The normalized spacial score (nSPS) is 40.6. The van der Waals surface area contributed by atoms with Crippen LogP contribution in [-0.4, -0.2) is 42.3 Å². The molecule has 0 aromatic rings. The van der Waals surface area contributed by atoms with Crippen molar-refractivity contribution in [3.05, 3.63) is 0 Å². The predicted octanol–water partition coefficient (Wildman–Crippen LogP) is 2.78. The lowest BCUT2D eigenvalue weighted by atomic mass is 9.82. The van der Waals surface area contributed by atoms with Crippen LogP contribution < -0.4 is 5.73 Å². The van der Waals surface area contributed by atoms with E-state index in [1.165, 1.54) is 38.5 Å². The molecule has 2 fully saturated rings. The van der Waals surface area contributed by atoms with E-state index in [2.05, 4.69) is 25.7 Å². The van der Waals surface area contributed by atoms with Crippen molar-refractivity contribution in [1.82, 2.24) is 4.90 Å². The third-order valence-corrected chi connectivity index (χ3v) is 5.10. The summed E-state index contributed by atoms with van der Waals surface area (Å²) in [7, 11) is 0. The highest BCUT2D eigenvalue weighted by Gasteiger charge is 2.35. The molecule has 3 heteroatoms. The Hall–Kier alpha value is -0.120. The van der Waals surface area contributed by atoms with Gasteiger partial charge in [0.2, 0.25) is 0 Å². The standard InChI is InChI=1S/C16H32N2O/c1-4-18(15-9-12(2)19-13(3)10-15)16-8-6-5-7-14(16)11-17/h12-16H,4-11,17H2,1-3H3. The maximum Gasteiger partial charge on any atom is 0.0565 e. The SMILES string of the molecule is CCN(C1CC(C)OC(C)C1)C1CCCCC1CN. The molecule has 2 rings (SSSR count). The van der Waals surface area contributed by atoms with Crippen LogP contribution in [0.5, 0.6) is 0 Å². The number of hydrogen-bond acceptors (Lipinski definition) is 3. The minimum atomic E-state index is 0.405. The maximum absolute atomic E-state index is 6.02. The molecule has 19 heavy (non-hydrogen) atoms. The molecule has 1 aliphatic heterocycles. The van der Waals surface area contributed by atoms with E-state index in [0.29, 0.717) is 30.2 Å². The summed E-state index contributed by atoms with van der Waals surface area (Å²) in [6, 6.07) is 1.41. The van der Waals surface area contributed by atoms with Crippen LogP contribution in [0.15, 0.2) is 0 Å². The average molecular weight is 268 g/mol. The zero-order chi connectivity index (χ0) is 13.8. The molecule has 3 nitrogen and oxygen atoms in total. The molecular weight excluding hydrogens is 236 g/mol. The highest BCUT2D eigenvalue weighted by atomic mass is 16.5. The minimum absolute atomic E-state index is 0.405. The molecule has 1 saturated heterocycles. The van der Waals surface area contributed by atoms with Gasteiger partial charge in [-0.1, -0.05) is 19.8 Å². The minimum Gasteiger partial charge on any atom is -0.375 e. The summed E-state index contributed by atoms with van der Waals surface area (Å²) in [5, 5.41) is 0. The number of nitrogens with two attached hydrogens (primary N) is 1. The van der Waals surface area contributed by atoms with Crippen molar-refractivity contribution in [3.63, 3.8) is 0 Å². The first kappa shape index (κ1) is 15.3. The molecule has 112 valence electrons. The monoisotopic (exact) mass is 268 g/mol. The summed E-state index contributed by atoms with van der Waals surface area (Å²) >= 11 is 0. The van der Waals surface area contributed by atoms with E-state index >= 15 is 0 Å². The van der Waals surface area contributed by atoms with Crippen LogP contribution in [0.3, 0.4) is 0 Å². The molecule has 0 spiro atoms. The van der Waals surface area contributed by atoms with Gasteiger partial charge in [-0.3, -0.25) is 4.90 Å². The Bertz CT molecular complexity index is 261. The maximum atomic E-state index is 6.02. The van der Waals surface area contributed by atoms with Gasteiger partial charge < -0.3 is 10.5 Å². The molecule has 2 N–H and O–H groups in total. The molecule has 0 aromatic carbocycles. The molecule has 1 aliphatic carbocycles. The highest BCUT2D eigenvalue weighted by Crippen LogP contribution is 2.33. The van der Waals surface area contributed by atoms with Crippen LogP contribution >= 0.6 is 0 Å². The molecule has 1 saturated carbocycles. The van der Waals surface area contributed by atoms with E-state index < -0.39 is 0 Å². The van der Waals surface area contributed by atoms with E-state index in [4.69, 9.17) is 10.5 Å². The number of rotatable bonds is 4. The molecular formula is C16H32N2O. The van der Waals surface area contributed by atoms with Crippen LogP contribution in [0.2, 0.25) is 0 Å². The zero-order valence-electron chi connectivity index (χ0n) is 13.0. The van der Waals surface area contributed by atoms with Crippen molar-refractivity contribution in [2.24, 2.45) is 11.7 Å². The third kappa shape index (κ3) is 3.71. The van der Waals surface area contributed by atoms with Crippen molar-refractivity contribution in [2.75, 3.05) is 13.1 Å². The van der Waals surface area contributed by atoms with Crippen molar-refractivity contribution in [2.45, 2.75) is 83.6 Å².